The van der Waals surface area contributed by atoms with E-state index in [1.165, 1.54) is 26.3 Å². The Bertz CT molecular complexity index is 304. The molecule has 0 aromatic heterocycles. The van der Waals surface area contributed by atoms with Crippen LogP contribution in [0.5, 0.6) is 0 Å². The van der Waals surface area contributed by atoms with Gasteiger partial charge >= 0.3 is 6.03 Å². The molecule has 6 heteroatoms. The van der Waals surface area contributed by atoms with Crippen LogP contribution in [0.2, 0.25) is 0 Å². The molecule has 0 aromatic rings. The minimum atomic E-state index is -0.439. The number of nitrogens with one attached hydrogen (secondary N) is 3. The minimum absolute atomic E-state index is 0.220. The molecule has 1 saturated heterocycles. The molecular formula is C14H28N4O2. The van der Waals surface area contributed by atoms with E-state index in [-0.39, 0.29) is 5.91 Å². The van der Waals surface area contributed by atoms with E-state index in [1.807, 2.05) is 0 Å². The lowest BCUT2D eigenvalue weighted by Crippen LogP contribution is -2.45. The fraction of sp³-hybridized carbons (Fsp3) is 0.857. The molecule has 3 amide bonds. The second-order valence-electron chi connectivity index (χ2n) is 5.32. The van der Waals surface area contributed by atoms with Crippen molar-refractivity contribution in [3.8, 4) is 0 Å². The molecule has 0 saturated carbocycles. The highest BCUT2D eigenvalue weighted by molar-refractivity contribution is 5.94. The maximum absolute atomic E-state index is 11.6. The molecule has 1 atom stereocenters. The summed E-state index contributed by atoms with van der Waals surface area (Å²) in [6, 6.07) is 0.100. The fourth-order valence-corrected chi connectivity index (χ4v) is 2.51. The van der Waals surface area contributed by atoms with Gasteiger partial charge in [0.2, 0.25) is 5.91 Å². The smallest absolute Gasteiger partial charge is 0.321 e. The van der Waals surface area contributed by atoms with E-state index in [0.29, 0.717) is 19.0 Å². The van der Waals surface area contributed by atoms with Crippen molar-refractivity contribution in [1.29, 1.82) is 0 Å². The van der Waals surface area contributed by atoms with Crippen LogP contribution < -0.4 is 16.0 Å². The maximum atomic E-state index is 11.6. The lowest BCUT2D eigenvalue weighted by atomic mass is 10.0. The minimum Gasteiger partial charge on any atom is -0.341 e. The molecule has 0 aliphatic carbocycles. The first-order valence-electron chi connectivity index (χ1n) is 7.63. The number of piperidine rings is 1. The summed E-state index contributed by atoms with van der Waals surface area (Å²) in [6.07, 6.45) is 5.20. The van der Waals surface area contributed by atoms with Gasteiger partial charge in [-0.15, -0.1) is 0 Å². The Labute approximate surface area is 121 Å². The fourth-order valence-electron chi connectivity index (χ4n) is 2.51. The molecule has 0 bridgehead atoms. The van der Waals surface area contributed by atoms with Crippen LogP contribution in [0.4, 0.5) is 4.79 Å². The van der Waals surface area contributed by atoms with Gasteiger partial charge in [-0.1, -0.05) is 13.3 Å². The van der Waals surface area contributed by atoms with E-state index in [9.17, 15) is 9.59 Å². The third-order valence-corrected chi connectivity index (χ3v) is 3.57. The summed E-state index contributed by atoms with van der Waals surface area (Å²) in [6.45, 7) is 5.93. The van der Waals surface area contributed by atoms with E-state index in [2.05, 4.69) is 27.8 Å². The van der Waals surface area contributed by atoms with Crippen LogP contribution in [0.15, 0.2) is 0 Å². The predicted molar refractivity (Wildman–Crippen MR) is 79.6 cm³/mol. The van der Waals surface area contributed by atoms with E-state index >= 15 is 0 Å². The first-order chi connectivity index (χ1) is 9.65. The molecule has 116 valence electrons. The van der Waals surface area contributed by atoms with Gasteiger partial charge in [-0.05, 0) is 32.4 Å². The Kier molecular flexibility index (Phi) is 8.22. The topological polar surface area (TPSA) is 73.5 Å². The Balaban J connectivity index is 2.30. The molecule has 1 rings (SSSR count). The highest BCUT2D eigenvalue weighted by Gasteiger charge is 2.17. The zero-order valence-corrected chi connectivity index (χ0v) is 12.7. The molecule has 20 heavy (non-hydrogen) atoms. The van der Waals surface area contributed by atoms with E-state index in [4.69, 9.17) is 0 Å². The van der Waals surface area contributed by atoms with Crippen molar-refractivity contribution in [2.45, 2.75) is 45.1 Å². The van der Waals surface area contributed by atoms with Crippen molar-refractivity contribution in [3.05, 3.63) is 0 Å². The van der Waals surface area contributed by atoms with Gasteiger partial charge in [0.1, 0.15) is 0 Å². The van der Waals surface area contributed by atoms with Gasteiger partial charge in [0.15, 0.2) is 0 Å². The average molecular weight is 284 g/mol. The molecule has 0 aromatic carbocycles. The van der Waals surface area contributed by atoms with Crippen LogP contribution >= 0.6 is 0 Å². The first kappa shape index (κ1) is 16.9. The van der Waals surface area contributed by atoms with Crippen LogP contribution in [-0.2, 0) is 4.79 Å². The van der Waals surface area contributed by atoms with Crippen LogP contribution in [0.3, 0.4) is 0 Å². The Hall–Kier alpha value is -1.14. The summed E-state index contributed by atoms with van der Waals surface area (Å²) in [7, 11) is 1.50. The zero-order chi connectivity index (χ0) is 14.8. The third kappa shape index (κ3) is 6.86. The van der Waals surface area contributed by atoms with Gasteiger partial charge in [0, 0.05) is 32.6 Å². The Morgan fingerprint density at radius 3 is 2.70 bits per heavy atom. The van der Waals surface area contributed by atoms with Crippen molar-refractivity contribution >= 4 is 11.9 Å². The van der Waals surface area contributed by atoms with Crippen molar-refractivity contribution < 1.29 is 9.59 Å². The standard InChI is InChI=1S/C14H28N4O2/c1-3-9-18(11-12-6-4-5-8-16-12)10-7-13(19)17-14(20)15-2/h12,16H,3-11H2,1-2H3,(H2,15,17,19,20). The third-order valence-electron chi connectivity index (χ3n) is 3.57. The summed E-state index contributed by atoms with van der Waals surface area (Å²) in [5.41, 5.74) is 0. The van der Waals surface area contributed by atoms with Crippen LogP contribution in [-0.4, -0.2) is 56.1 Å². The largest absolute Gasteiger partial charge is 0.341 e. The first-order valence-corrected chi connectivity index (χ1v) is 7.63. The Morgan fingerprint density at radius 1 is 1.30 bits per heavy atom. The second kappa shape index (κ2) is 9.72. The summed E-state index contributed by atoms with van der Waals surface area (Å²) in [5, 5.41) is 8.21. The molecule has 0 radical (unpaired) electrons. The molecule has 1 aliphatic rings. The van der Waals surface area contributed by atoms with Gasteiger partial charge in [-0.25, -0.2) is 4.79 Å². The molecule has 1 aliphatic heterocycles. The highest BCUT2D eigenvalue weighted by atomic mass is 16.2. The van der Waals surface area contributed by atoms with Gasteiger partial charge in [0.05, 0.1) is 0 Å². The van der Waals surface area contributed by atoms with E-state index in [0.717, 1.165) is 26.1 Å². The number of amides is 3. The monoisotopic (exact) mass is 284 g/mol. The highest BCUT2D eigenvalue weighted by Crippen LogP contribution is 2.09. The Morgan fingerprint density at radius 2 is 2.10 bits per heavy atom. The quantitative estimate of drug-likeness (QED) is 0.643. The number of carbonyl (C=O) groups excluding carboxylic acids is 2. The van der Waals surface area contributed by atoms with Gasteiger partial charge in [-0.2, -0.15) is 0 Å². The number of hydrogen-bond donors (Lipinski definition) is 3. The van der Waals surface area contributed by atoms with Gasteiger partial charge < -0.3 is 15.5 Å². The predicted octanol–water partition coefficient (Wildman–Crippen LogP) is 0.686. The number of carbonyl (C=O) groups is 2. The van der Waals surface area contributed by atoms with E-state index < -0.39 is 6.03 Å². The number of imide groups is 1. The second-order valence-corrected chi connectivity index (χ2v) is 5.32. The molecule has 0 spiro atoms. The molecular weight excluding hydrogens is 256 g/mol. The van der Waals surface area contributed by atoms with Crippen LogP contribution in [0, 0.1) is 0 Å². The zero-order valence-electron chi connectivity index (χ0n) is 12.7. The average Bonchev–Trinajstić information content (AvgIpc) is 2.46. The van der Waals surface area contributed by atoms with Crippen LogP contribution in [0.1, 0.15) is 39.0 Å². The molecule has 1 unspecified atom stereocenters. The molecule has 1 heterocycles. The van der Waals surface area contributed by atoms with Crippen LogP contribution in [0.25, 0.3) is 0 Å². The van der Waals surface area contributed by atoms with Crippen molar-refractivity contribution in [2.75, 3.05) is 33.2 Å². The normalized spacial score (nSPS) is 18.9. The van der Waals surface area contributed by atoms with E-state index in [1.54, 1.807) is 0 Å². The molecule has 6 nitrogen and oxygen atoms in total. The summed E-state index contributed by atoms with van der Waals surface area (Å²) >= 11 is 0. The van der Waals surface area contributed by atoms with Crippen molar-refractivity contribution in [3.63, 3.8) is 0 Å². The maximum Gasteiger partial charge on any atom is 0.321 e. The SMILES string of the molecule is CCCN(CCC(=O)NC(=O)NC)CC1CCCCN1. The number of urea groups is 1. The van der Waals surface area contributed by atoms with Gasteiger partial charge in [0.25, 0.3) is 0 Å². The van der Waals surface area contributed by atoms with Gasteiger partial charge in [-0.3, -0.25) is 10.1 Å². The molecule has 1 fully saturated rings. The lowest BCUT2D eigenvalue weighted by molar-refractivity contribution is -0.120. The van der Waals surface area contributed by atoms with Crippen molar-refractivity contribution in [1.82, 2.24) is 20.9 Å². The summed E-state index contributed by atoms with van der Waals surface area (Å²) in [4.78, 5) is 25.0. The number of rotatable bonds is 7. The summed E-state index contributed by atoms with van der Waals surface area (Å²) in [5.74, 6) is -0.220. The molecule has 3 N–H and O–H groups in total. The number of nitrogens with zero attached hydrogens (tertiary/aromatic N) is 1. The number of hydrogen-bond acceptors (Lipinski definition) is 4. The lowest BCUT2D eigenvalue weighted by Gasteiger charge is -2.30. The summed E-state index contributed by atoms with van der Waals surface area (Å²) < 4.78 is 0. The van der Waals surface area contributed by atoms with Crippen molar-refractivity contribution in [2.24, 2.45) is 0 Å².